The number of piperidine rings is 1. The van der Waals surface area contributed by atoms with E-state index in [-0.39, 0.29) is 0 Å². The molecule has 116 valence electrons. The summed E-state index contributed by atoms with van der Waals surface area (Å²) in [4.78, 5) is 2.54. The average molecular weight is 297 g/mol. The van der Waals surface area contributed by atoms with Crippen molar-refractivity contribution in [3.63, 3.8) is 0 Å². The van der Waals surface area contributed by atoms with Gasteiger partial charge in [0.25, 0.3) is 0 Å². The molecule has 2 aliphatic rings. The SMILES string of the molecule is Cc1ccc([C@H]2C[C@@H]3CC[C@H]([C@H]2c2nnc(C)o2)N3C)cc1. The third-order valence-electron chi connectivity index (χ3n) is 5.60. The highest BCUT2D eigenvalue weighted by Crippen LogP contribution is 2.50. The lowest BCUT2D eigenvalue weighted by molar-refractivity contribution is 0.123. The summed E-state index contributed by atoms with van der Waals surface area (Å²) >= 11 is 0. The van der Waals surface area contributed by atoms with Crippen molar-refractivity contribution in [2.45, 2.75) is 57.0 Å². The van der Waals surface area contributed by atoms with E-state index in [9.17, 15) is 0 Å². The number of hydrogen-bond donors (Lipinski definition) is 0. The maximum atomic E-state index is 5.85. The topological polar surface area (TPSA) is 42.2 Å². The van der Waals surface area contributed by atoms with E-state index >= 15 is 0 Å². The second-order valence-corrected chi connectivity index (χ2v) is 6.90. The van der Waals surface area contributed by atoms with Crippen LogP contribution in [0.1, 0.15) is 54.0 Å². The molecule has 22 heavy (non-hydrogen) atoms. The molecule has 1 aromatic carbocycles. The molecule has 0 aliphatic carbocycles. The summed E-state index contributed by atoms with van der Waals surface area (Å²) in [5.74, 6) is 2.28. The van der Waals surface area contributed by atoms with Crippen LogP contribution in [0, 0.1) is 13.8 Å². The fourth-order valence-corrected chi connectivity index (χ4v) is 4.41. The molecule has 4 rings (SSSR count). The second kappa shape index (κ2) is 5.20. The van der Waals surface area contributed by atoms with E-state index < -0.39 is 0 Å². The van der Waals surface area contributed by atoms with E-state index in [0.29, 0.717) is 29.8 Å². The van der Waals surface area contributed by atoms with Crippen molar-refractivity contribution in [3.05, 3.63) is 47.2 Å². The first kappa shape index (κ1) is 13.9. The van der Waals surface area contributed by atoms with Gasteiger partial charge in [-0.2, -0.15) is 0 Å². The second-order valence-electron chi connectivity index (χ2n) is 6.90. The number of rotatable bonds is 2. The van der Waals surface area contributed by atoms with Crippen LogP contribution in [-0.2, 0) is 0 Å². The first-order chi connectivity index (χ1) is 10.6. The molecule has 2 aromatic rings. The summed E-state index contributed by atoms with van der Waals surface area (Å²) in [6.07, 6.45) is 3.70. The van der Waals surface area contributed by atoms with Gasteiger partial charge in [0.2, 0.25) is 11.8 Å². The summed E-state index contributed by atoms with van der Waals surface area (Å²) in [5, 5.41) is 8.45. The molecule has 0 amide bonds. The molecule has 4 atom stereocenters. The molecule has 2 bridgehead atoms. The highest BCUT2D eigenvalue weighted by atomic mass is 16.4. The molecule has 2 fully saturated rings. The normalized spacial score (nSPS) is 31.6. The van der Waals surface area contributed by atoms with Crippen molar-refractivity contribution in [2.24, 2.45) is 0 Å². The Morgan fingerprint density at radius 2 is 1.86 bits per heavy atom. The Kier molecular flexibility index (Phi) is 3.30. The van der Waals surface area contributed by atoms with Crippen molar-refractivity contribution in [3.8, 4) is 0 Å². The van der Waals surface area contributed by atoms with Gasteiger partial charge in [0.05, 0.1) is 5.92 Å². The zero-order chi connectivity index (χ0) is 15.3. The Morgan fingerprint density at radius 3 is 2.55 bits per heavy atom. The third-order valence-corrected chi connectivity index (χ3v) is 5.60. The zero-order valence-corrected chi connectivity index (χ0v) is 13.5. The lowest BCUT2D eigenvalue weighted by Gasteiger charge is -2.41. The standard InChI is InChI=1S/C18H23N3O/c1-11-4-6-13(7-5-11)15-10-14-8-9-16(21(14)3)17(15)18-20-19-12(2)22-18/h4-7,14-17H,8-10H2,1-3H3/t14-,15+,16+,17-/m0/s1. The van der Waals surface area contributed by atoms with Gasteiger partial charge in [0.15, 0.2) is 0 Å². The summed E-state index contributed by atoms with van der Waals surface area (Å²) in [6, 6.07) is 10.2. The van der Waals surface area contributed by atoms with Gasteiger partial charge in [-0.15, -0.1) is 10.2 Å². The van der Waals surface area contributed by atoms with E-state index in [0.717, 1.165) is 5.89 Å². The minimum absolute atomic E-state index is 0.313. The first-order valence-electron chi connectivity index (χ1n) is 8.22. The summed E-state index contributed by atoms with van der Waals surface area (Å²) in [6.45, 7) is 4.02. The smallest absolute Gasteiger partial charge is 0.221 e. The van der Waals surface area contributed by atoms with Crippen LogP contribution in [0.25, 0.3) is 0 Å². The molecule has 0 saturated carbocycles. The molecular weight excluding hydrogens is 274 g/mol. The van der Waals surface area contributed by atoms with Crippen LogP contribution >= 0.6 is 0 Å². The summed E-state index contributed by atoms with van der Waals surface area (Å²) < 4.78 is 5.85. The molecule has 4 heteroatoms. The largest absolute Gasteiger partial charge is 0.425 e. The lowest BCUT2D eigenvalue weighted by Crippen LogP contribution is -2.44. The van der Waals surface area contributed by atoms with Crippen LogP contribution in [0.5, 0.6) is 0 Å². The monoisotopic (exact) mass is 297 g/mol. The van der Waals surface area contributed by atoms with Gasteiger partial charge in [-0.3, -0.25) is 4.90 Å². The van der Waals surface area contributed by atoms with Crippen LogP contribution in [0.3, 0.4) is 0 Å². The van der Waals surface area contributed by atoms with Gasteiger partial charge in [0.1, 0.15) is 0 Å². The maximum Gasteiger partial charge on any atom is 0.221 e. The van der Waals surface area contributed by atoms with E-state index in [2.05, 4.69) is 53.3 Å². The predicted octanol–water partition coefficient (Wildman–Crippen LogP) is 3.42. The highest BCUT2D eigenvalue weighted by Gasteiger charge is 2.48. The van der Waals surface area contributed by atoms with Gasteiger partial charge in [0, 0.05) is 19.0 Å². The molecule has 0 unspecified atom stereocenters. The lowest BCUT2D eigenvalue weighted by atomic mass is 9.76. The van der Waals surface area contributed by atoms with E-state index in [1.165, 1.54) is 30.4 Å². The van der Waals surface area contributed by atoms with Crippen molar-refractivity contribution in [2.75, 3.05) is 7.05 Å². The Balaban J connectivity index is 1.76. The highest BCUT2D eigenvalue weighted by molar-refractivity contribution is 5.29. The van der Waals surface area contributed by atoms with Crippen molar-refractivity contribution in [1.82, 2.24) is 15.1 Å². The number of aryl methyl sites for hydroxylation is 2. The Labute approximate surface area is 131 Å². The minimum atomic E-state index is 0.313. The molecule has 0 N–H and O–H groups in total. The Bertz CT molecular complexity index is 663. The van der Waals surface area contributed by atoms with Crippen LogP contribution in [0.15, 0.2) is 28.7 Å². The Hall–Kier alpha value is -1.68. The maximum absolute atomic E-state index is 5.85. The fraction of sp³-hybridized carbons (Fsp3) is 0.556. The molecule has 0 spiro atoms. The van der Waals surface area contributed by atoms with Crippen molar-refractivity contribution < 1.29 is 4.42 Å². The minimum Gasteiger partial charge on any atom is -0.425 e. The van der Waals surface area contributed by atoms with Crippen LogP contribution in [0.2, 0.25) is 0 Å². The fourth-order valence-electron chi connectivity index (χ4n) is 4.41. The number of fused-ring (bicyclic) bond motifs is 2. The number of aromatic nitrogens is 2. The molecular formula is C18H23N3O. The molecule has 2 saturated heterocycles. The van der Waals surface area contributed by atoms with Crippen LogP contribution < -0.4 is 0 Å². The van der Waals surface area contributed by atoms with Gasteiger partial charge >= 0.3 is 0 Å². The average Bonchev–Trinajstić information content (AvgIpc) is 3.02. The van der Waals surface area contributed by atoms with Crippen LogP contribution in [0.4, 0.5) is 0 Å². The van der Waals surface area contributed by atoms with E-state index in [1.807, 2.05) is 6.92 Å². The Morgan fingerprint density at radius 1 is 1.09 bits per heavy atom. The number of benzene rings is 1. The van der Waals surface area contributed by atoms with Gasteiger partial charge in [-0.25, -0.2) is 0 Å². The molecule has 4 nitrogen and oxygen atoms in total. The first-order valence-corrected chi connectivity index (χ1v) is 8.22. The summed E-state index contributed by atoms with van der Waals surface area (Å²) in [5.41, 5.74) is 2.72. The van der Waals surface area contributed by atoms with E-state index in [4.69, 9.17) is 4.42 Å². The van der Waals surface area contributed by atoms with Gasteiger partial charge < -0.3 is 4.42 Å². The van der Waals surface area contributed by atoms with Gasteiger partial charge in [-0.05, 0) is 44.7 Å². The molecule has 2 aliphatic heterocycles. The van der Waals surface area contributed by atoms with E-state index in [1.54, 1.807) is 0 Å². The number of likely N-dealkylation sites (N-methyl/N-ethyl adjacent to an activating group) is 1. The van der Waals surface area contributed by atoms with Crippen molar-refractivity contribution in [1.29, 1.82) is 0 Å². The molecule has 3 heterocycles. The quantitative estimate of drug-likeness (QED) is 0.852. The number of hydrogen-bond acceptors (Lipinski definition) is 4. The zero-order valence-electron chi connectivity index (χ0n) is 13.5. The predicted molar refractivity (Wildman–Crippen MR) is 84.9 cm³/mol. The molecule has 0 radical (unpaired) electrons. The number of nitrogens with zero attached hydrogens (tertiary/aromatic N) is 3. The molecule has 1 aromatic heterocycles. The third kappa shape index (κ3) is 2.17. The summed E-state index contributed by atoms with van der Waals surface area (Å²) in [7, 11) is 2.25. The van der Waals surface area contributed by atoms with Crippen LogP contribution in [-0.4, -0.2) is 34.2 Å². The van der Waals surface area contributed by atoms with Gasteiger partial charge in [-0.1, -0.05) is 29.8 Å². The van der Waals surface area contributed by atoms with Crippen molar-refractivity contribution >= 4 is 0 Å².